The lowest BCUT2D eigenvalue weighted by Crippen LogP contribution is -2.17. The first-order valence-electron chi connectivity index (χ1n) is 8.24. The Morgan fingerprint density at radius 2 is 1.93 bits per heavy atom. The summed E-state index contributed by atoms with van der Waals surface area (Å²) in [6, 6.07) is 11.8. The predicted molar refractivity (Wildman–Crippen MR) is 101 cm³/mol. The number of allylic oxidation sites excluding steroid dienone is 1. The number of amides is 1. The first-order chi connectivity index (χ1) is 13.3. The van der Waals surface area contributed by atoms with E-state index in [1.165, 1.54) is 18.3 Å². The Kier molecular flexibility index (Phi) is 5.49. The number of carbonyl (C=O) groups excluding carboxylic acids is 1. The largest absolute Gasteiger partial charge is 0.573 e. The van der Waals surface area contributed by atoms with E-state index in [2.05, 4.69) is 15.0 Å². The summed E-state index contributed by atoms with van der Waals surface area (Å²) in [5, 5.41) is 2.64. The van der Waals surface area contributed by atoms with Gasteiger partial charge >= 0.3 is 6.36 Å². The van der Waals surface area contributed by atoms with Gasteiger partial charge in [-0.2, -0.15) is 0 Å². The Morgan fingerprint density at radius 3 is 2.61 bits per heavy atom. The van der Waals surface area contributed by atoms with Crippen molar-refractivity contribution in [2.45, 2.75) is 6.36 Å². The molecule has 3 N–H and O–H groups in total. The fourth-order valence-corrected chi connectivity index (χ4v) is 2.57. The molecule has 0 radical (unpaired) electrons. The Bertz CT molecular complexity index is 961. The number of dihydropyridines is 1. The average Bonchev–Trinajstić information content (AvgIpc) is 2.68. The molecule has 0 aliphatic carbocycles. The number of rotatable bonds is 4. The van der Waals surface area contributed by atoms with Crippen LogP contribution in [0.15, 0.2) is 71.4 Å². The fourth-order valence-electron chi connectivity index (χ4n) is 2.57. The smallest absolute Gasteiger partial charge is 0.406 e. The molecule has 0 spiro atoms. The summed E-state index contributed by atoms with van der Waals surface area (Å²) in [5.41, 5.74) is 8.76. The molecule has 0 saturated carbocycles. The number of nitrogens with zero attached hydrogens (tertiary/aromatic N) is 1. The van der Waals surface area contributed by atoms with Gasteiger partial charge < -0.3 is 15.8 Å². The SMILES string of the molecule is NC=C1C=C(c2cccc(C(=O)Nc3ccc(OC(F)(F)F)cc3)c2)C=NC1. The normalized spacial score (nSPS) is 15.2. The third kappa shape index (κ3) is 5.00. The lowest BCUT2D eigenvalue weighted by molar-refractivity contribution is -0.274. The number of hydrogen-bond donors (Lipinski definition) is 2. The first kappa shape index (κ1) is 19.2. The molecule has 1 aliphatic rings. The van der Waals surface area contributed by atoms with E-state index in [-0.39, 0.29) is 5.75 Å². The molecule has 0 fully saturated rings. The van der Waals surface area contributed by atoms with Crippen molar-refractivity contribution in [2.24, 2.45) is 10.7 Å². The number of ether oxygens (including phenoxy) is 1. The van der Waals surface area contributed by atoms with Crippen LogP contribution in [0.5, 0.6) is 5.75 Å². The minimum Gasteiger partial charge on any atom is -0.406 e. The molecular formula is C20H16F3N3O2. The summed E-state index contributed by atoms with van der Waals surface area (Å²) in [4.78, 5) is 16.7. The van der Waals surface area contributed by atoms with Crippen LogP contribution >= 0.6 is 0 Å². The Labute approximate surface area is 159 Å². The van der Waals surface area contributed by atoms with Crippen molar-refractivity contribution in [3.05, 3.63) is 77.5 Å². The van der Waals surface area contributed by atoms with Gasteiger partial charge in [0.2, 0.25) is 0 Å². The van der Waals surface area contributed by atoms with Gasteiger partial charge in [0, 0.05) is 17.5 Å². The topological polar surface area (TPSA) is 76.7 Å². The predicted octanol–water partition coefficient (Wildman–Crippen LogP) is 4.15. The van der Waals surface area contributed by atoms with Crippen LogP contribution in [-0.2, 0) is 0 Å². The van der Waals surface area contributed by atoms with E-state index in [1.54, 1.807) is 24.4 Å². The highest BCUT2D eigenvalue weighted by molar-refractivity contribution is 6.12. The molecule has 1 amide bonds. The fraction of sp³-hybridized carbons (Fsp3) is 0.100. The Morgan fingerprint density at radius 1 is 1.18 bits per heavy atom. The molecule has 0 saturated heterocycles. The molecule has 28 heavy (non-hydrogen) atoms. The minimum atomic E-state index is -4.76. The Balaban J connectivity index is 1.73. The highest BCUT2D eigenvalue weighted by Gasteiger charge is 2.30. The molecule has 5 nitrogen and oxygen atoms in total. The number of alkyl halides is 3. The van der Waals surface area contributed by atoms with Crippen molar-refractivity contribution in [3.63, 3.8) is 0 Å². The van der Waals surface area contributed by atoms with Crippen LogP contribution < -0.4 is 15.8 Å². The van der Waals surface area contributed by atoms with Crippen molar-refractivity contribution < 1.29 is 22.7 Å². The van der Waals surface area contributed by atoms with Gasteiger partial charge in [-0.25, -0.2) is 0 Å². The van der Waals surface area contributed by atoms with Gasteiger partial charge in [0.25, 0.3) is 5.91 Å². The van der Waals surface area contributed by atoms with Gasteiger partial charge in [-0.05, 0) is 65.4 Å². The zero-order valence-corrected chi connectivity index (χ0v) is 14.5. The number of anilines is 1. The van der Waals surface area contributed by atoms with Crippen molar-refractivity contribution in [3.8, 4) is 5.75 Å². The van der Waals surface area contributed by atoms with Crippen molar-refractivity contribution in [2.75, 3.05) is 11.9 Å². The summed E-state index contributed by atoms with van der Waals surface area (Å²) in [7, 11) is 0. The molecule has 144 valence electrons. The van der Waals surface area contributed by atoms with E-state index in [4.69, 9.17) is 5.73 Å². The molecular weight excluding hydrogens is 371 g/mol. The maximum Gasteiger partial charge on any atom is 0.573 e. The van der Waals surface area contributed by atoms with Crippen LogP contribution in [0, 0.1) is 0 Å². The number of nitrogens with one attached hydrogen (secondary N) is 1. The van der Waals surface area contributed by atoms with Gasteiger partial charge in [-0.15, -0.1) is 13.2 Å². The van der Waals surface area contributed by atoms with E-state index >= 15 is 0 Å². The minimum absolute atomic E-state index is 0.344. The maximum absolute atomic E-state index is 12.5. The molecule has 1 aliphatic heterocycles. The summed E-state index contributed by atoms with van der Waals surface area (Å²) in [5.74, 6) is -0.755. The highest BCUT2D eigenvalue weighted by Crippen LogP contribution is 2.24. The number of nitrogens with two attached hydrogens (primary N) is 1. The molecule has 3 rings (SSSR count). The van der Waals surface area contributed by atoms with Gasteiger partial charge in [0.1, 0.15) is 5.75 Å². The summed E-state index contributed by atoms with van der Waals surface area (Å²) in [6.45, 7) is 0.508. The Hall–Kier alpha value is -3.55. The molecule has 0 atom stereocenters. The number of carbonyl (C=O) groups is 1. The third-order valence-electron chi connectivity index (χ3n) is 3.86. The number of hydrogen-bond acceptors (Lipinski definition) is 4. The monoisotopic (exact) mass is 387 g/mol. The van der Waals surface area contributed by atoms with E-state index in [1.807, 2.05) is 12.1 Å². The van der Waals surface area contributed by atoms with Gasteiger partial charge in [0.05, 0.1) is 6.54 Å². The van der Waals surface area contributed by atoms with Crippen molar-refractivity contribution in [1.29, 1.82) is 0 Å². The molecule has 0 unspecified atom stereocenters. The van der Waals surface area contributed by atoms with Crippen molar-refractivity contribution >= 4 is 23.4 Å². The zero-order valence-electron chi connectivity index (χ0n) is 14.5. The second-order valence-corrected chi connectivity index (χ2v) is 5.92. The van der Waals surface area contributed by atoms with Gasteiger partial charge in [-0.3, -0.25) is 9.79 Å². The van der Waals surface area contributed by atoms with E-state index in [9.17, 15) is 18.0 Å². The molecule has 1 heterocycles. The summed E-state index contributed by atoms with van der Waals surface area (Å²) in [6.07, 6.45) is 0.327. The lowest BCUT2D eigenvalue weighted by Gasteiger charge is -2.11. The van der Waals surface area contributed by atoms with Crippen LogP contribution in [0.1, 0.15) is 15.9 Å². The van der Waals surface area contributed by atoms with Crippen LogP contribution in [0.2, 0.25) is 0 Å². The second kappa shape index (κ2) is 7.99. The third-order valence-corrected chi connectivity index (χ3v) is 3.86. The first-order valence-corrected chi connectivity index (χ1v) is 8.24. The molecule has 8 heteroatoms. The van der Waals surface area contributed by atoms with Crippen LogP contribution in [0.4, 0.5) is 18.9 Å². The van der Waals surface area contributed by atoms with Crippen molar-refractivity contribution in [1.82, 2.24) is 0 Å². The number of aliphatic imine (C=N–C) groups is 1. The molecule has 2 aromatic rings. The van der Waals surface area contributed by atoms with Crippen LogP contribution in [0.3, 0.4) is 0 Å². The molecule has 0 bridgehead atoms. The quantitative estimate of drug-likeness (QED) is 0.828. The molecule has 0 aromatic heterocycles. The van der Waals surface area contributed by atoms with Crippen LogP contribution in [-0.4, -0.2) is 25.0 Å². The van der Waals surface area contributed by atoms with Gasteiger partial charge in [-0.1, -0.05) is 12.1 Å². The van der Waals surface area contributed by atoms with E-state index in [0.29, 0.717) is 17.8 Å². The van der Waals surface area contributed by atoms with Crippen LogP contribution in [0.25, 0.3) is 5.57 Å². The average molecular weight is 387 g/mol. The van der Waals surface area contributed by atoms with E-state index in [0.717, 1.165) is 28.8 Å². The lowest BCUT2D eigenvalue weighted by atomic mass is 10.00. The van der Waals surface area contributed by atoms with Gasteiger partial charge in [0.15, 0.2) is 0 Å². The standard InChI is InChI=1S/C20H16F3N3O2/c21-20(22,23)28-18-6-4-17(5-7-18)26-19(27)15-3-1-2-14(9-15)16-8-13(10-24)11-25-12-16/h1-10,12H,11,24H2,(H,26,27). The number of halogens is 3. The highest BCUT2D eigenvalue weighted by atomic mass is 19.4. The maximum atomic E-state index is 12.5. The summed E-state index contributed by atoms with van der Waals surface area (Å²) >= 11 is 0. The second-order valence-electron chi connectivity index (χ2n) is 5.92. The molecule has 2 aromatic carbocycles. The van der Waals surface area contributed by atoms with E-state index < -0.39 is 12.3 Å². The number of benzene rings is 2. The summed E-state index contributed by atoms with van der Waals surface area (Å²) < 4.78 is 40.4. The zero-order chi connectivity index (χ0) is 20.1.